The van der Waals surface area contributed by atoms with Gasteiger partial charge in [-0.3, -0.25) is 4.79 Å². The summed E-state index contributed by atoms with van der Waals surface area (Å²) in [6, 6.07) is 5.18. The maximum Gasteiger partial charge on any atom is 0.337 e. The molecule has 0 atom stereocenters. The van der Waals surface area contributed by atoms with Crippen LogP contribution >= 0.6 is 43.9 Å². The van der Waals surface area contributed by atoms with Gasteiger partial charge in [-0.25, -0.2) is 0 Å². The summed E-state index contributed by atoms with van der Waals surface area (Å²) >= 11 is 11.6. The molecule has 0 amide bonds. The molecule has 72 valence electrons. The van der Waals surface area contributed by atoms with Gasteiger partial charge in [-0.15, -0.1) is 0 Å². The normalized spacial score (nSPS) is 10.4. The molecule has 2 rings (SSSR count). The summed E-state index contributed by atoms with van der Waals surface area (Å²) in [6.45, 7) is 0. The van der Waals surface area contributed by atoms with Gasteiger partial charge in [-0.1, -0.05) is 39.6 Å². The standard InChI is InChI=1S/C8H3Cl2NOS2/c9-5-2-1-4(3-6(5)10)7-11-8(12)14-13-7/h1-3H. The Morgan fingerprint density at radius 2 is 1.93 bits per heavy atom. The van der Waals surface area contributed by atoms with Crippen molar-refractivity contribution in [2.45, 2.75) is 0 Å². The summed E-state index contributed by atoms with van der Waals surface area (Å²) in [5, 5.41) is 1.65. The van der Waals surface area contributed by atoms with Crippen LogP contribution < -0.4 is 4.87 Å². The minimum Gasteiger partial charge on any atom is -0.254 e. The number of hydrogen-bond donors (Lipinski definition) is 0. The van der Waals surface area contributed by atoms with E-state index in [1.54, 1.807) is 18.2 Å². The summed E-state index contributed by atoms with van der Waals surface area (Å²) in [5.41, 5.74) is 0.822. The van der Waals surface area contributed by atoms with Crippen molar-refractivity contribution in [3.63, 3.8) is 0 Å². The number of benzene rings is 1. The molecule has 1 aromatic carbocycles. The lowest BCUT2D eigenvalue weighted by molar-refractivity contribution is 1.36. The molecule has 0 aliphatic rings. The number of nitrogens with zero attached hydrogens (tertiary/aromatic N) is 1. The van der Waals surface area contributed by atoms with E-state index in [4.69, 9.17) is 23.2 Å². The number of halogens is 2. The van der Waals surface area contributed by atoms with Crippen molar-refractivity contribution in [1.82, 2.24) is 4.98 Å². The van der Waals surface area contributed by atoms with Crippen molar-refractivity contribution in [2.75, 3.05) is 0 Å². The third-order valence-corrected chi connectivity index (χ3v) is 4.24. The summed E-state index contributed by atoms with van der Waals surface area (Å²) in [5.74, 6) is 0. The molecule has 2 nitrogen and oxygen atoms in total. The Morgan fingerprint density at radius 1 is 1.14 bits per heavy atom. The fourth-order valence-electron chi connectivity index (χ4n) is 0.937. The van der Waals surface area contributed by atoms with Crippen LogP contribution in [0, 0.1) is 0 Å². The first kappa shape index (κ1) is 10.1. The first-order valence-electron chi connectivity index (χ1n) is 3.59. The average molecular weight is 264 g/mol. The molecule has 0 radical (unpaired) electrons. The molecule has 1 heterocycles. The van der Waals surface area contributed by atoms with Crippen molar-refractivity contribution >= 4 is 43.9 Å². The van der Waals surface area contributed by atoms with Crippen LogP contribution in [0.3, 0.4) is 0 Å². The minimum absolute atomic E-state index is 0.184. The molecule has 0 bridgehead atoms. The molecule has 0 spiro atoms. The molecule has 0 fully saturated rings. The van der Waals surface area contributed by atoms with Crippen LogP contribution in [0.15, 0.2) is 23.0 Å². The lowest BCUT2D eigenvalue weighted by Crippen LogP contribution is -1.92. The lowest BCUT2D eigenvalue weighted by Gasteiger charge is -1.97. The number of rotatable bonds is 1. The second-order valence-electron chi connectivity index (χ2n) is 2.48. The van der Waals surface area contributed by atoms with Crippen molar-refractivity contribution < 1.29 is 0 Å². The minimum atomic E-state index is -0.184. The van der Waals surface area contributed by atoms with E-state index in [2.05, 4.69) is 4.98 Å². The largest absolute Gasteiger partial charge is 0.337 e. The fourth-order valence-corrected chi connectivity index (χ4v) is 2.88. The average Bonchev–Trinajstić information content (AvgIpc) is 2.57. The van der Waals surface area contributed by atoms with E-state index < -0.39 is 0 Å². The maximum atomic E-state index is 10.9. The van der Waals surface area contributed by atoms with Crippen LogP contribution in [-0.2, 0) is 0 Å². The highest BCUT2D eigenvalue weighted by Crippen LogP contribution is 2.29. The number of aromatic nitrogens is 1. The zero-order valence-corrected chi connectivity index (χ0v) is 9.80. The van der Waals surface area contributed by atoms with Crippen LogP contribution in [0.25, 0.3) is 10.6 Å². The monoisotopic (exact) mass is 263 g/mol. The molecular weight excluding hydrogens is 261 g/mol. The molecule has 1 aromatic heterocycles. The Bertz CT molecular complexity index is 520. The quantitative estimate of drug-likeness (QED) is 0.737. The molecule has 0 aliphatic carbocycles. The van der Waals surface area contributed by atoms with Gasteiger partial charge in [0.25, 0.3) is 0 Å². The van der Waals surface area contributed by atoms with Gasteiger partial charge in [0, 0.05) is 5.56 Å². The van der Waals surface area contributed by atoms with E-state index in [1.807, 2.05) is 0 Å². The van der Waals surface area contributed by atoms with Crippen LogP contribution in [0.4, 0.5) is 0 Å². The summed E-state index contributed by atoms with van der Waals surface area (Å²) in [7, 11) is 2.44. The molecular formula is C8H3Cl2NOS2. The zero-order chi connectivity index (χ0) is 10.1. The number of hydrogen-bond acceptors (Lipinski definition) is 4. The molecule has 0 aliphatic heterocycles. The molecule has 14 heavy (non-hydrogen) atoms. The van der Waals surface area contributed by atoms with Gasteiger partial charge in [0.2, 0.25) is 0 Å². The van der Waals surface area contributed by atoms with Gasteiger partial charge in [0.1, 0.15) is 5.01 Å². The Morgan fingerprint density at radius 3 is 2.50 bits per heavy atom. The smallest absolute Gasteiger partial charge is 0.254 e. The topological polar surface area (TPSA) is 30.0 Å². The van der Waals surface area contributed by atoms with Crippen LogP contribution in [-0.4, -0.2) is 4.98 Å². The molecule has 0 N–H and O–H groups in total. The van der Waals surface area contributed by atoms with E-state index in [0.717, 1.165) is 15.9 Å². The molecule has 0 unspecified atom stereocenters. The highest BCUT2D eigenvalue weighted by Gasteiger charge is 2.05. The van der Waals surface area contributed by atoms with Gasteiger partial charge < -0.3 is 0 Å². The summed E-state index contributed by atoms with van der Waals surface area (Å²) < 4.78 is 0. The molecule has 0 saturated heterocycles. The second kappa shape index (κ2) is 3.98. The van der Waals surface area contributed by atoms with Crippen molar-refractivity contribution in [3.8, 4) is 10.6 Å². The highest BCUT2D eigenvalue weighted by atomic mass is 35.5. The van der Waals surface area contributed by atoms with Gasteiger partial charge in [0.15, 0.2) is 0 Å². The van der Waals surface area contributed by atoms with Gasteiger partial charge in [0.05, 0.1) is 10.0 Å². The Balaban J connectivity index is 2.52. The fraction of sp³-hybridized carbons (Fsp3) is 0. The first-order valence-corrected chi connectivity index (χ1v) is 6.50. The Hall–Kier alpha value is -0.420. The molecule has 6 heteroatoms. The summed E-state index contributed by atoms with van der Waals surface area (Å²) in [6.07, 6.45) is 0. The maximum absolute atomic E-state index is 10.9. The van der Waals surface area contributed by atoms with Crippen LogP contribution in [0.1, 0.15) is 0 Å². The van der Waals surface area contributed by atoms with Crippen LogP contribution in [0.5, 0.6) is 0 Å². The lowest BCUT2D eigenvalue weighted by atomic mass is 10.2. The molecule has 0 saturated carbocycles. The van der Waals surface area contributed by atoms with Gasteiger partial charge in [-0.2, -0.15) is 4.98 Å². The highest BCUT2D eigenvalue weighted by molar-refractivity contribution is 7.69. The summed E-state index contributed by atoms with van der Waals surface area (Å²) in [4.78, 5) is 14.5. The van der Waals surface area contributed by atoms with E-state index >= 15 is 0 Å². The third-order valence-electron chi connectivity index (χ3n) is 1.55. The second-order valence-corrected chi connectivity index (χ2v) is 5.36. The predicted octanol–water partition coefficient (Wildman–Crippen LogP) is 3.54. The van der Waals surface area contributed by atoms with Gasteiger partial charge in [-0.05, 0) is 22.5 Å². The van der Waals surface area contributed by atoms with Crippen molar-refractivity contribution in [2.24, 2.45) is 0 Å². The SMILES string of the molecule is O=c1nc(-c2ccc(Cl)c(Cl)c2)ss1. The van der Waals surface area contributed by atoms with E-state index in [9.17, 15) is 4.79 Å². The van der Waals surface area contributed by atoms with Crippen molar-refractivity contribution in [1.29, 1.82) is 0 Å². The van der Waals surface area contributed by atoms with E-state index in [0.29, 0.717) is 15.1 Å². The molecule has 2 aromatic rings. The van der Waals surface area contributed by atoms with Crippen molar-refractivity contribution in [3.05, 3.63) is 37.9 Å². The predicted molar refractivity (Wildman–Crippen MR) is 61.7 cm³/mol. The Labute approximate surface area is 97.1 Å². The Kier molecular flexibility index (Phi) is 2.88. The first-order chi connectivity index (χ1) is 6.66. The zero-order valence-electron chi connectivity index (χ0n) is 6.66. The third kappa shape index (κ3) is 1.98. The van der Waals surface area contributed by atoms with E-state index in [-0.39, 0.29) is 4.87 Å². The van der Waals surface area contributed by atoms with Crippen LogP contribution in [0.2, 0.25) is 10.0 Å². The van der Waals surface area contributed by atoms with Gasteiger partial charge >= 0.3 is 4.87 Å². The van der Waals surface area contributed by atoms with E-state index in [1.165, 1.54) is 10.3 Å².